The molecule has 1 rings (SSSR count). The van der Waals surface area contributed by atoms with E-state index < -0.39 is 24.6 Å². The SMILES string of the molecule is OC1CC(F)C(F)C(F)C1. The Labute approximate surface area is 56.8 Å². The maximum atomic E-state index is 12.3. The molecule has 0 saturated heterocycles. The molecule has 1 aliphatic rings. The molecule has 0 radical (unpaired) electrons. The van der Waals surface area contributed by atoms with E-state index in [1.165, 1.54) is 0 Å². The minimum Gasteiger partial charge on any atom is -0.393 e. The minimum atomic E-state index is -2.04. The zero-order valence-corrected chi connectivity index (χ0v) is 5.30. The first kappa shape index (κ1) is 7.85. The molecule has 0 aromatic rings. The summed E-state index contributed by atoms with van der Waals surface area (Å²) in [5.74, 6) is 0. The monoisotopic (exact) mass is 154 g/mol. The molecule has 4 heteroatoms. The summed E-state index contributed by atoms with van der Waals surface area (Å²) < 4.78 is 36.9. The molecule has 1 fully saturated rings. The zero-order valence-electron chi connectivity index (χ0n) is 5.30. The normalized spacial score (nSPS) is 49.2. The van der Waals surface area contributed by atoms with Gasteiger partial charge >= 0.3 is 0 Å². The van der Waals surface area contributed by atoms with Gasteiger partial charge in [-0.1, -0.05) is 0 Å². The molecular weight excluding hydrogens is 145 g/mol. The quantitative estimate of drug-likeness (QED) is 0.555. The Bertz CT molecular complexity index is 108. The van der Waals surface area contributed by atoms with Gasteiger partial charge in [-0.25, -0.2) is 13.2 Å². The summed E-state index contributed by atoms with van der Waals surface area (Å²) in [6, 6.07) is 0. The predicted octanol–water partition coefficient (Wildman–Crippen LogP) is 1.16. The molecule has 1 saturated carbocycles. The number of halogens is 3. The van der Waals surface area contributed by atoms with E-state index in [4.69, 9.17) is 5.11 Å². The van der Waals surface area contributed by atoms with Crippen molar-refractivity contribution in [1.82, 2.24) is 0 Å². The Kier molecular flexibility index (Phi) is 2.18. The molecule has 10 heavy (non-hydrogen) atoms. The average molecular weight is 154 g/mol. The van der Waals surface area contributed by atoms with Crippen LogP contribution in [0.15, 0.2) is 0 Å². The van der Waals surface area contributed by atoms with E-state index in [-0.39, 0.29) is 12.8 Å². The first-order valence-corrected chi connectivity index (χ1v) is 3.21. The summed E-state index contributed by atoms with van der Waals surface area (Å²) >= 11 is 0. The Morgan fingerprint density at radius 1 is 1.00 bits per heavy atom. The summed E-state index contributed by atoms with van der Waals surface area (Å²) in [7, 11) is 0. The molecule has 0 aromatic carbocycles. The maximum absolute atomic E-state index is 12.3. The Balaban J connectivity index is 2.49. The van der Waals surface area contributed by atoms with Crippen LogP contribution < -0.4 is 0 Å². The summed E-state index contributed by atoms with van der Waals surface area (Å²) in [5, 5.41) is 8.72. The molecule has 0 spiro atoms. The lowest BCUT2D eigenvalue weighted by atomic mass is 9.93. The fraction of sp³-hybridized carbons (Fsp3) is 1.00. The van der Waals surface area contributed by atoms with Crippen LogP contribution in [-0.2, 0) is 0 Å². The van der Waals surface area contributed by atoms with Gasteiger partial charge in [-0.15, -0.1) is 0 Å². The first-order chi connectivity index (χ1) is 4.61. The Hall–Kier alpha value is -0.250. The van der Waals surface area contributed by atoms with Crippen LogP contribution in [0, 0.1) is 0 Å². The van der Waals surface area contributed by atoms with Gasteiger partial charge in [0.15, 0.2) is 6.17 Å². The van der Waals surface area contributed by atoms with Gasteiger partial charge in [0.1, 0.15) is 12.3 Å². The number of aliphatic hydroxyl groups is 1. The molecule has 2 unspecified atom stereocenters. The third-order valence-corrected chi connectivity index (χ3v) is 1.69. The molecule has 2 atom stereocenters. The van der Waals surface area contributed by atoms with Crippen molar-refractivity contribution >= 4 is 0 Å². The fourth-order valence-electron chi connectivity index (χ4n) is 1.10. The van der Waals surface area contributed by atoms with E-state index in [0.717, 1.165) is 0 Å². The highest BCUT2D eigenvalue weighted by atomic mass is 19.2. The predicted molar refractivity (Wildman–Crippen MR) is 29.9 cm³/mol. The molecule has 0 amide bonds. The molecule has 60 valence electrons. The second-order valence-corrected chi connectivity index (χ2v) is 2.60. The van der Waals surface area contributed by atoms with Crippen LogP contribution in [0.2, 0.25) is 0 Å². The van der Waals surface area contributed by atoms with Crippen LogP contribution in [0.5, 0.6) is 0 Å². The van der Waals surface area contributed by atoms with Crippen molar-refractivity contribution in [3.05, 3.63) is 0 Å². The van der Waals surface area contributed by atoms with Crippen LogP contribution in [0.3, 0.4) is 0 Å². The summed E-state index contributed by atoms with van der Waals surface area (Å²) in [5.41, 5.74) is 0. The van der Waals surface area contributed by atoms with Gasteiger partial charge < -0.3 is 5.11 Å². The topological polar surface area (TPSA) is 20.2 Å². The van der Waals surface area contributed by atoms with E-state index in [0.29, 0.717) is 0 Å². The summed E-state index contributed by atoms with van der Waals surface area (Å²) in [6.45, 7) is 0. The van der Waals surface area contributed by atoms with Gasteiger partial charge in [-0.2, -0.15) is 0 Å². The first-order valence-electron chi connectivity index (χ1n) is 3.21. The molecule has 1 nitrogen and oxygen atoms in total. The molecule has 1 N–H and O–H groups in total. The third-order valence-electron chi connectivity index (χ3n) is 1.69. The van der Waals surface area contributed by atoms with Gasteiger partial charge in [0, 0.05) is 12.8 Å². The van der Waals surface area contributed by atoms with Crippen LogP contribution in [0.25, 0.3) is 0 Å². The zero-order chi connectivity index (χ0) is 7.72. The summed E-state index contributed by atoms with van der Waals surface area (Å²) in [6.07, 6.45) is -7.28. The smallest absolute Gasteiger partial charge is 0.162 e. The van der Waals surface area contributed by atoms with E-state index in [1.54, 1.807) is 0 Å². The highest BCUT2D eigenvalue weighted by Gasteiger charge is 2.37. The van der Waals surface area contributed by atoms with E-state index in [2.05, 4.69) is 0 Å². The van der Waals surface area contributed by atoms with Crippen molar-refractivity contribution in [2.24, 2.45) is 0 Å². The van der Waals surface area contributed by atoms with E-state index in [9.17, 15) is 13.2 Å². The molecule has 0 bridgehead atoms. The second-order valence-electron chi connectivity index (χ2n) is 2.60. The second kappa shape index (κ2) is 2.78. The largest absolute Gasteiger partial charge is 0.393 e. The van der Waals surface area contributed by atoms with Crippen molar-refractivity contribution < 1.29 is 18.3 Å². The van der Waals surface area contributed by atoms with Gasteiger partial charge in [-0.3, -0.25) is 0 Å². The minimum absolute atomic E-state index is 0.276. The molecule has 1 aliphatic carbocycles. The maximum Gasteiger partial charge on any atom is 0.162 e. The van der Waals surface area contributed by atoms with Crippen LogP contribution in [-0.4, -0.2) is 29.7 Å². The third kappa shape index (κ3) is 1.42. The van der Waals surface area contributed by atoms with Crippen molar-refractivity contribution in [2.45, 2.75) is 37.5 Å². The standard InChI is InChI=1S/C6H9F3O/c7-4-1-3(10)2-5(8)6(4)9/h3-6,10H,1-2H2. The molecule has 0 aromatic heterocycles. The highest BCUT2D eigenvalue weighted by Crippen LogP contribution is 2.26. The Morgan fingerprint density at radius 2 is 1.40 bits per heavy atom. The van der Waals surface area contributed by atoms with Crippen LogP contribution in [0.1, 0.15) is 12.8 Å². The highest BCUT2D eigenvalue weighted by molar-refractivity contribution is 4.86. The Morgan fingerprint density at radius 3 is 1.80 bits per heavy atom. The number of aliphatic hydroxyl groups excluding tert-OH is 1. The fourth-order valence-corrected chi connectivity index (χ4v) is 1.10. The number of hydrogen-bond acceptors (Lipinski definition) is 1. The number of hydrogen-bond donors (Lipinski definition) is 1. The lowest BCUT2D eigenvalue weighted by Gasteiger charge is -2.26. The van der Waals surface area contributed by atoms with Gasteiger partial charge in [0.05, 0.1) is 6.10 Å². The van der Waals surface area contributed by atoms with Crippen molar-refractivity contribution in [2.75, 3.05) is 0 Å². The van der Waals surface area contributed by atoms with E-state index in [1.807, 2.05) is 0 Å². The van der Waals surface area contributed by atoms with Gasteiger partial charge in [0.2, 0.25) is 0 Å². The molecule has 0 aliphatic heterocycles. The van der Waals surface area contributed by atoms with Crippen molar-refractivity contribution in [1.29, 1.82) is 0 Å². The number of rotatable bonds is 0. The summed E-state index contributed by atoms with van der Waals surface area (Å²) in [4.78, 5) is 0. The van der Waals surface area contributed by atoms with Crippen molar-refractivity contribution in [3.8, 4) is 0 Å². The number of alkyl halides is 3. The lowest BCUT2D eigenvalue weighted by Crippen LogP contribution is -2.39. The van der Waals surface area contributed by atoms with E-state index >= 15 is 0 Å². The molecule has 0 heterocycles. The van der Waals surface area contributed by atoms with Crippen molar-refractivity contribution in [3.63, 3.8) is 0 Å². The van der Waals surface area contributed by atoms with Gasteiger partial charge in [0.25, 0.3) is 0 Å². The average Bonchev–Trinajstić information content (AvgIpc) is 1.82. The van der Waals surface area contributed by atoms with Gasteiger partial charge in [-0.05, 0) is 0 Å². The van der Waals surface area contributed by atoms with Crippen LogP contribution in [0.4, 0.5) is 13.2 Å². The lowest BCUT2D eigenvalue weighted by molar-refractivity contribution is -0.0210. The van der Waals surface area contributed by atoms with Crippen LogP contribution >= 0.6 is 0 Å². The molecular formula is C6H9F3O.